The molecule has 0 atom stereocenters. The van der Waals surface area contributed by atoms with Crippen molar-refractivity contribution in [2.24, 2.45) is 0 Å². The van der Waals surface area contributed by atoms with Crippen molar-refractivity contribution >= 4 is 17.5 Å². The predicted molar refractivity (Wildman–Crippen MR) is 127 cm³/mol. The molecule has 4 aromatic rings. The minimum Gasteiger partial charge on any atom is -0.497 e. The zero-order chi connectivity index (χ0) is 23.9. The van der Waals surface area contributed by atoms with Gasteiger partial charge >= 0.3 is 0 Å². The number of halogens is 1. The van der Waals surface area contributed by atoms with Crippen molar-refractivity contribution in [2.75, 3.05) is 20.0 Å². The molecule has 0 saturated heterocycles. The van der Waals surface area contributed by atoms with E-state index in [1.165, 1.54) is 37.1 Å². The molecule has 0 fully saturated rings. The van der Waals surface area contributed by atoms with Crippen molar-refractivity contribution in [1.29, 1.82) is 0 Å². The van der Waals surface area contributed by atoms with Crippen LogP contribution >= 0.6 is 11.8 Å². The molecular weight excluding hydrogens is 457 g/mol. The number of hydrogen-bond donors (Lipinski definition) is 0. The third-order valence-electron chi connectivity index (χ3n) is 4.94. The smallest absolute Gasteiger partial charge is 0.196 e. The third-order valence-corrected chi connectivity index (χ3v) is 5.87. The van der Waals surface area contributed by atoms with Gasteiger partial charge in [0.25, 0.3) is 0 Å². The van der Waals surface area contributed by atoms with Crippen LogP contribution in [0.3, 0.4) is 0 Å². The largest absolute Gasteiger partial charge is 0.497 e. The van der Waals surface area contributed by atoms with Gasteiger partial charge in [-0.1, -0.05) is 30.0 Å². The van der Waals surface area contributed by atoms with Crippen LogP contribution in [0.15, 0.2) is 78.0 Å². The van der Waals surface area contributed by atoms with E-state index in [1.807, 2.05) is 59.2 Å². The highest BCUT2D eigenvalue weighted by Crippen LogP contribution is 2.27. The highest BCUT2D eigenvalue weighted by molar-refractivity contribution is 7.99. The van der Waals surface area contributed by atoms with E-state index in [1.54, 1.807) is 7.11 Å². The SMILES string of the molecule is COc1ccc(OCc2nnc(SCC(=O)c3cc(F)ccc3OC)n2-c2ccccc2)cc1. The summed E-state index contributed by atoms with van der Waals surface area (Å²) < 4.78 is 31.8. The summed E-state index contributed by atoms with van der Waals surface area (Å²) in [5.74, 6) is 1.54. The van der Waals surface area contributed by atoms with Gasteiger partial charge in [-0.3, -0.25) is 9.36 Å². The summed E-state index contributed by atoms with van der Waals surface area (Å²) in [6.07, 6.45) is 0. The van der Waals surface area contributed by atoms with E-state index in [-0.39, 0.29) is 23.7 Å². The standard InChI is InChI=1S/C25H22FN3O4S/c1-31-19-9-11-20(12-10-19)33-15-24-27-28-25(29(24)18-6-4-3-5-7-18)34-16-22(30)21-14-17(26)8-13-23(21)32-2/h3-14H,15-16H2,1-2H3. The molecule has 0 bridgehead atoms. The van der Waals surface area contributed by atoms with Crippen LogP contribution in [-0.2, 0) is 6.61 Å². The van der Waals surface area contributed by atoms with E-state index in [9.17, 15) is 9.18 Å². The monoisotopic (exact) mass is 479 g/mol. The van der Waals surface area contributed by atoms with Crippen LogP contribution < -0.4 is 14.2 Å². The molecule has 3 aromatic carbocycles. The fourth-order valence-corrected chi connectivity index (χ4v) is 4.10. The van der Waals surface area contributed by atoms with Crippen LogP contribution in [0, 0.1) is 5.82 Å². The lowest BCUT2D eigenvalue weighted by molar-refractivity contribution is 0.101. The van der Waals surface area contributed by atoms with Gasteiger partial charge < -0.3 is 14.2 Å². The Bertz CT molecular complexity index is 1260. The quantitative estimate of drug-likeness (QED) is 0.235. The van der Waals surface area contributed by atoms with Crippen molar-refractivity contribution in [3.8, 4) is 22.9 Å². The Balaban J connectivity index is 1.55. The molecule has 0 unspecified atom stereocenters. The van der Waals surface area contributed by atoms with Gasteiger partial charge in [-0.25, -0.2) is 4.39 Å². The molecule has 0 radical (unpaired) electrons. The molecule has 0 spiro atoms. The van der Waals surface area contributed by atoms with E-state index in [2.05, 4.69) is 10.2 Å². The Morgan fingerprint density at radius 1 is 0.941 bits per heavy atom. The van der Waals surface area contributed by atoms with Crippen LogP contribution in [0.1, 0.15) is 16.2 Å². The Morgan fingerprint density at radius 2 is 1.68 bits per heavy atom. The van der Waals surface area contributed by atoms with E-state index >= 15 is 0 Å². The molecule has 4 rings (SSSR count). The number of carbonyl (C=O) groups is 1. The molecule has 0 aliphatic carbocycles. The molecule has 0 aliphatic rings. The maximum atomic E-state index is 13.7. The number of ether oxygens (including phenoxy) is 3. The molecule has 0 amide bonds. The normalized spacial score (nSPS) is 10.7. The van der Waals surface area contributed by atoms with Crippen molar-refractivity contribution in [3.05, 3.63) is 90.0 Å². The average Bonchev–Trinajstić information content (AvgIpc) is 3.29. The average molecular weight is 480 g/mol. The van der Waals surface area contributed by atoms with Crippen LogP contribution in [0.5, 0.6) is 17.2 Å². The minimum atomic E-state index is -0.500. The first-order chi connectivity index (χ1) is 16.6. The van der Waals surface area contributed by atoms with Crippen molar-refractivity contribution in [2.45, 2.75) is 11.8 Å². The molecule has 9 heteroatoms. The fraction of sp³-hybridized carbons (Fsp3) is 0.160. The summed E-state index contributed by atoms with van der Waals surface area (Å²) in [7, 11) is 3.05. The Kier molecular flexibility index (Phi) is 7.44. The van der Waals surface area contributed by atoms with Crippen LogP contribution in [0.4, 0.5) is 4.39 Å². The molecule has 7 nitrogen and oxygen atoms in total. The number of rotatable bonds is 10. The first kappa shape index (κ1) is 23.3. The highest BCUT2D eigenvalue weighted by atomic mass is 32.2. The van der Waals surface area contributed by atoms with Gasteiger partial charge in [0.05, 0.1) is 25.5 Å². The maximum absolute atomic E-state index is 13.7. The van der Waals surface area contributed by atoms with Gasteiger partial charge in [0.2, 0.25) is 0 Å². The summed E-state index contributed by atoms with van der Waals surface area (Å²) in [5, 5.41) is 9.08. The first-order valence-corrected chi connectivity index (χ1v) is 11.3. The van der Waals surface area contributed by atoms with E-state index < -0.39 is 5.82 Å². The second kappa shape index (κ2) is 10.8. The molecule has 1 aromatic heterocycles. The summed E-state index contributed by atoms with van der Waals surface area (Å²) in [6.45, 7) is 0.167. The zero-order valence-corrected chi connectivity index (χ0v) is 19.4. The molecule has 174 valence electrons. The van der Waals surface area contributed by atoms with Gasteiger partial charge in [0.1, 0.15) is 29.7 Å². The topological polar surface area (TPSA) is 75.5 Å². The summed E-state index contributed by atoms with van der Waals surface area (Å²) in [4.78, 5) is 12.8. The van der Waals surface area contributed by atoms with E-state index in [0.717, 1.165) is 11.4 Å². The molecular formula is C25H22FN3O4S. The van der Waals surface area contributed by atoms with Gasteiger partial charge in [-0.2, -0.15) is 0 Å². The number of hydrogen-bond acceptors (Lipinski definition) is 7. The third kappa shape index (κ3) is 5.37. The molecule has 1 heterocycles. The Labute approximate surface area is 200 Å². The zero-order valence-electron chi connectivity index (χ0n) is 18.6. The number of thioether (sulfide) groups is 1. The predicted octanol–water partition coefficient (Wildman–Crippen LogP) is 4.98. The number of para-hydroxylation sites is 1. The second-order valence-corrected chi connectivity index (χ2v) is 8.03. The van der Waals surface area contributed by atoms with E-state index in [4.69, 9.17) is 14.2 Å². The lowest BCUT2D eigenvalue weighted by Gasteiger charge is -2.12. The van der Waals surface area contributed by atoms with Crippen LogP contribution in [0.2, 0.25) is 0 Å². The Hall–Kier alpha value is -3.85. The van der Waals surface area contributed by atoms with Gasteiger partial charge in [-0.05, 0) is 54.6 Å². The minimum absolute atomic E-state index is 0.0319. The lowest BCUT2D eigenvalue weighted by Crippen LogP contribution is -2.09. The van der Waals surface area contributed by atoms with Crippen LogP contribution in [0.25, 0.3) is 5.69 Å². The second-order valence-electron chi connectivity index (χ2n) is 7.09. The van der Waals surface area contributed by atoms with Gasteiger partial charge in [0, 0.05) is 5.69 Å². The van der Waals surface area contributed by atoms with E-state index in [0.29, 0.717) is 22.5 Å². The van der Waals surface area contributed by atoms with Crippen LogP contribution in [-0.4, -0.2) is 40.5 Å². The van der Waals surface area contributed by atoms with Gasteiger partial charge in [-0.15, -0.1) is 10.2 Å². The molecule has 0 saturated carbocycles. The number of ketones is 1. The van der Waals surface area contributed by atoms with Crippen molar-refractivity contribution in [3.63, 3.8) is 0 Å². The number of aromatic nitrogens is 3. The molecule has 0 aliphatic heterocycles. The maximum Gasteiger partial charge on any atom is 0.196 e. The number of carbonyl (C=O) groups excluding carboxylic acids is 1. The summed E-state index contributed by atoms with van der Waals surface area (Å²) >= 11 is 1.21. The molecule has 34 heavy (non-hydrogen) atoms. The van der Waals surface area contributed by atoms with Crippen molar-refractivity contribution in [1.82, 2.24) is 14.8 Å². The lowest BCUT2D eigenvalue weighted by atomic mass is 10.1. The highest BCUT2D eigenvalue weighted by Gasteiger charge is 2.19. The fourth-order valence-electron chi connectivity index (χ4n) is 3.25. The number of methoxy groups -OCH3 is 2. The summed E-state index contributed by atoms with van der Waals surface area (Å²) in [6, 6.07) is 20.7. The number of benzene rings is 3. The van der Waals surface area contributed by atoms with Gasteiger partial charge in [0.15, 0.2) is 16.8 Å². The summed E-state index contributed by atoms with van der Waals surface area (Å²) in [5.41, 5.74) is 1.02. The number of nitrogens with zero attached hydrogens (tertiary/aromatic N) is 3. The first-order valence-electron chi connectivity index (χ1n) is 10.3. The van der Waals surface area contributed by atoms with Crippen molar-refractivity contribution < 1.29 is 23.4 Å². The number of Topliss-reactive ketones (excluding diaryl/α,β-unsaturated/α-hetero) is 1. The Morgan fingerprint density at radius 3 is 2.38 bits per heavy atom. The molecule has 0 N–H and O–H groups in total.